The lowest BCUT2D eigenvalue weighted by Crippen LogP contribution is -1.83. The van der Waals surface area contributed by atoms with E-state index >= 15 is 0 Å². The molecule has 0 fully saturated rings. The Bertz CT molecular complexity index is 655. The first-order valence-corrected chi connectivity index (χ1v) is 4.65. The van der Waals surface area contributed by atoms with Crippen LogP contribution in [-0.4, -0.2) is 5.11 Å². The summed E-state index contributed by atoms with van der Waals surface area (Å²) < 4.78 is 5.57. The molecule has 0 atom stereocenters. The van der Waals surface area contributed by atoms with E-state index in [-0.39, 0.29) is 5.75 Å². The molecule has 0 bridgehead atoms. The van der Waals surface area contributed by atoms with Crippen LogP contribution in [0, 0.1) is 0 Å². The lowest BCUT2D eigenvalue weighted by Gasteiger charge is -1.96. The van der Waals surface area contributed by atoms with Gasteiger partial charge in [-0.05, 0) is 12.1 Å². The molecule has 1 aromatic heterocycles. The lowest BCUT2D eigenvalue weighted by molar-refractivity contribution is 0.477. The molecule has 3 rings (SSSR count). The van der Waals surface area contributed by atoms with Crippen LogP contribution in [0.15, 0.2) is 40.8 Å². The standard InChI is InChI=1S/C12H9NO2/c13-9-5-8-7-3-1-2-4-11(7)15-12(8)6-10(9)14/h1-6,14H,13H2. The van der Waals surface area contributed by atoms with Crippen LogP contribution in [-0.2, 0) is 0 Å². The molecule has 0 saturated heterocycles. The third-order valence-electron chi connectivity index (χ3n) is 2.53. The van der Waals surface area contributed by atoms with Crippen molar-refractivity contribution in [1.82, 2.24) is 0 Å². The molecule has 0 spiro atoms. The van der Waals surface area contributed by atoms with Gasteiger partial charge in [-0.1, -0.05) is 18.2 Å². The second-order valence-electron chi connectivity index (χ2n) is 3.51. The Morgan fingerprint density at radius 1 is 1.00 bits per heavy atom. The van der Waals surface area contributed by atoms with Crippen LogP contribution < -0.4 is 5.73 Å². The molecule has 0 saturated carbocycles. The SMILES string of the molecule is Nc1cc2c(cc1O)oc1ccccc12. The first kappa shape index (κ1) is 8.17. The van der Waals surface area contributed by atoms with Gasteiger partial charge in [0, 0.05) is 16.8 Å². The van der Waals surface area contributed by atoms with Gasteiger partial charge in [-0.3, -0.25) is 0 Å². The average molecular weight is 199 g/mol. The predicted molar refractivity (Wildman–Crippen MR) is 59.8 cm³/mol. The van der Waals surface area contributed by atoms with E-state index < -0.39 is 0 Å². The molecule has 0 unspecified atom stereocenters. The Morgan fingerprint density at radius 2 is 1.80 bits per heavy atom. The van der Waals surface area contributed by atoms with Crippen LogP contribution in [0.3, 0.4) is 0 Å². The van der Waals surface area contributed by atoms with Gasteiger partial charge in [0.25, 0.3) is 0 Å². The third-order valence-corrected chi connectivity index (χ3v) is 2.53. The zero-order valence-corrected chi connectivity index (χ0v) is 7.90. The third kappa shape index (κ3) is 1.06. The number of hydrogen-bond donors (Lipinski definition) is 2. The summed E-state index contributed by atoms with van der Waals surface area (Å²) in [7, 11) is 0. The molecule has 15 heavy (non-hydrogen) atoms. The Hall–Kier alpha value is -2.16. The molecule has 1 heterocycles. The minimum Gasteiger partial charge on any atom is -0.506 e. The highest BCUT2D eigenvalue weighted by Gasteiger charge is 2.08. The van der Waals surface area contributed by atoms with E-state index in [2.05, 4.69) is 0 Å². The van der Waals surface area contributed by atoms with Crippen molar-refractivity contribution in [1.29, 1.82) is 0 Å². The molecule has 3 heteroatoms. The Balaban J connectivity index is 2.56. The van der Waals surface area contributed by atoms with Gasteiger partial charge in [0.2, 0.25) is 0 Å². The van der Waals surface area contributed by atoms with Crippen molar-refractivity contribution in [2.75, 3.05) is 5.73 Å². The lowest BCUT2D eigenvalue weighted by atomic mass is 10.1. The van der Waals surface area contributed by atoms with Crippen molar-refractivity contribution in [3.8, 4) is 5.75 Å². The summed E-state index contributed by atoms with van der Waals surface area (Å²) in [6.07, 6.45) is 0. The highest BCUT2D eigenvalue weighted by Crippen LogP contribution is 2.33. The van der Waals surface area contributed by atoms with E-state index in [9.17, 15) is 5.11 Å². The van der Waals surface area contributed by atoms with Crippen LogP contribution in [0.2, 0.25) is 0 Å². The predicted octanol–water partition coefficient (Wildman–Crippen LogP) is 2.87. The molecule has 74 valence electrons. The number of aromatic hydroxyl groups is 1. The number of nitrogens with two attached hydrogens (primary N) is 1. The maximum Gasteiger partial charge on any atom is 0.142 e. The zero-order valence-electron chi connectivity index (χ0n) is 7.90. The monoisotopic (exact) mass is 199 g/mol. The van der Waals surface area contributed by atoms with Gasteiger partial charge in [-0.25, -0.2) is 0 Å². The highest BCUT2D eigenvalue weighted by atomic mass is 16.3. The summed E-state index contributed by atoms with van der Waals surface area (Å²) in [6.45, 7) is 0. The molecular formula is C12H9NO2. The molecule has 2 aromatic carbocycles. The Labute approximate surface area is 85.7 Å². The van der Waals surface area contributed by atoms with Crippen molar-refractivity contribution in [2.45, 2.75) is 0 Å². The van der Waals surface area contributed by atoms with Crippen LogP contribution in [0.1, 0.15) is 0 Å². The Morgan fingerprint density at radius 3 is 2.67 bits per heavy atom. The number of para-hydroxylation sites is 1. The number of phenols is 1. The van der Waals surface area contributed by atoms with Crippen LogP contribution in [0.25, 0.3) is 21.9 Å². The average Bonchev–Trinajstić information content (AvgIpc) is 2.57. The first-order valence-electron chi connectivity index (χ1n) is 4.65. The highest BCUT2D eigenvalue weighted by molar-refractivity contribution is 6.06. The van der Waals surface area contributed by atoms with Gasteiger partial charge in [0.1, 0.15) is 16.9 Å². The fourth-order valence-electron chi connectivity index (χ4n) is 1.78. The maximum absolute atomic E-state index is 9.46. The van der Waals surface area contributed by atoms with E-state index in [1.165, 1.54) is 0 Å². The van der Waals surface area contributed by atoms with Gasteiger partial charge in [0.15, 0.2) is 0 Å². The van der Waals surface area contributed by atoms with Gasteiger partial charge < -0.3 is 15.3 Å². The molecule has 0 radical (unpaired) electrons. The molecule has 0 aliphatic heterocycles. The minimum atomic E-state index is 0.0570. The van der Waals surface area contributed by atoms with Gasteiger partial charge in [-0.2, -0.15) is 0 Å². The molecule has 0 amide bonds. The number of hydrogen-bond acceptors (Lipinski definition) is 3. The van der Waals surface area contributed by atoms with Crippen LogP contribution in [0.4, 0.5) is 5.69 Å². The summed E-state index contributed by atoms with van der Waals surface area (Å²) in [6, 6.07) is 11.0. The number of anilines is 1. The molecule has 0 aliphatic rings. The van der Waals surface area contributed by atoms with Crippen molar-refractivity contribution >= 4 is 27.6 Å². The second-order valence-corrected chi connectivity index (χ2v) is 3.51. The van der Waals surface area contributed by atoms with Crippen molar-refractivity contribution < 1.29 is 9.52 Å². The van der Waals surface area contributed by atoms with Gasteiger partial charge in [-0.15, -0.1) is 0 Å². The quantitative estimate of drug-likeness (QED) is 0.432. The topological polar surface area (TPSA) is 59.4 Å². The number of rotatable bonds is 0. The van der Waals surface area contributed by atoms with Crippen molar-refractivity contribution in [3.05, 3.63) is 36.4 Å². The zero-order chi connectivity index (χ0) is 10.4. The largest absolute Gasteiger partial charge is 0.506 e. The molecule has 0 aliphatic carbocycles. The van der Waals surface area contributed by atoms with E-state index in [4.69, 9.17) is 10.2 Å². The fourth-order valence-corrected chi connectivity index (χ4v) is 1.78. The second kappa shape index (κ2) is 2.67. The summed E-state index contributed by atoms with van der Waals surface area (Å²) in [5.74, 6) is 0.0570. The van der Waals surface area contributed by atoms with Gasteiger partial charge >= 0.3 is 0 Å². The van der Waals surface area contributed by atoms with Crippen LogP contribution in [0.5, 0.6) is 5.75 Å². The summed E-state index contributed by atoms with van der Waals surface area (Å²) in [5, 5.41) is 11.4. The number of nitrogen functional groups attached to an aromatic ring is 1. The van der Waals surface area contributed by atoms with Crippen molar-refractivity contribution in [2.24, 2.45) is 0 Å². The van der Waals surface area contributed by atoms with E-state index in [1.807, 2.05) is 24.3 Å². The van der Waals surface area contributed by atoms with Crippen LogP contribution >= 0.6 is 0 Å². The van der Waals surface area contributed by atoms with Crippen molar-refractivity contribution in [3.63, 3.8) is 0 Å². The summed E-state index contributed by atoms with van der Waals surface area (Å²) >= 11 is 0. The number of benzene rings is 2. The summed E-state index contributed by atoms with van der Waals surface area (Å²) in [5.41, 5.74) is 7.47. The fraction of sp³-hybridized carbons (Fsp3) is 0. The number of phenolic OH excluding ortho intramolecular Hbond substituents is 1. The molecule has 3 N–H and O–H groups in total. The Kier molecular flexibility index (Phi) is 1.45. The first-order chi connectivity index (χ1) is 7.25. The maximum atomic E-state index is 9.46. The van der Waals surface area contributed by atoms with E-state index in [0.29, 0.717) is 11.3 Å². The summed E-state index contributed by atoms with van der Waals surface area (Å²) in [4.78, 5) is 0. The van der Waals surface area contributed by atoms with E-state index in [1.54, 1.807) is 12.1 Å². The minimum absolute atomic E-state index is 0.0570. The van der Waals surface area contributed by atoms with E-state index in [0.717, 1.165) is 16.4 Å². The molecule has 3 aromatic rings. The number of fused-ring (bicyclic) bond motifs is 3. The molecule has 3 nitrogen and oxygen atoms in total. The normalized spacial score (nSPS) is 11.2. The molecular weight excluding hydrogens is 190 g/mol. The number of furan rings is 1. The van der Waals surface area contributed by atoms with Gasteiger partial charge in [0.05, 0.1) is 5.69 Å². The smallest absolute Gasteiger partial charge is 0.142 e.